The fraction of sp³-hybridized carbons (Fsp3) is 0.267. The average molecular weight is 393 g/mol. The topological polar surface area (TPSA) is 126 Å². The van der Waals surface area contributed by atoms with Crippen LogP contribution in [0.3, 0.4) is 0 Å². The van der Waals surface area contributed by atoms with Crippen LogP contribution in [0.2, 0.25) is 0 Å². The number of nitrogens with one attached hydrogen (secondary N) is 3. The predicted molar refractivity (Wildman–Crippen MR) is 95.3 cm³/mol. The second-order valence-electron chi connectivity index (χ2n) is 5.85. The van der Waals surface area contributed by atoms with Crippen molar-refractivity contribution in [3.05, 3.63) is 40.4 Å². The number of fused-ring (bicyclic) bond motifs is 1. The Morgan fingerprint density at radius 2 is 2.27 bits per heavy atom. The standard InChI is InChI=1S/C15H15N5O4S2/c1-26(22,23)15-18-14(19-20-15)17-12(21)10-7-25-13(16-10)9-2-3-11-8(6-9)4-5-24-11/h2-3,6-7,13,16H,4-5H2,1H3,(H2,17,18,19,20,21). The first-order chi connectivity index (χ1) is 12.4. The van der Waals surface area contributed by atoms with E-state index < -0.39 is 15.7 Å². The van der Waals surface area contributed by atoms with E-state index in [-0.39, 0.29) is 16.5 Å². The minimum absolute atomic E-state index is 0.0830. The maximum atomic E-state index is 12.3. The van der Waals surface area contributed by atoms with Gasteiger partial charge in [-0.2, -0.15) is 4.98 Å². The number of carbonyl (C=O) groups is 1. The number of thioether (sulfide) groups is 1. The second-order valence-corrected chi connectivity index (χ2v) is 8.76. The number of aromatic amines is 1. The Hall–Kier alpha value is -2.53. The molecule has 0 aliphatic carbocycles. The Labute approximate surface area is 153 Å². The summed E-state index contributed by atoms with van der Waals surface area (Å²) >= 11 is 1.48. The zero-order chi connectivity index (χ0) is 18.3. The van der Waals surface area contributed by atoms with Crippen LogP contribution in [0.4, 0.5) is 5.95 Å². The highest BCUT2D eigenvalue weighted by Gasteiger charge is 2.25. The van der Waals surface area contributed by atoms with Crippen molar-refractivity contribution in [2.75, 3.05) is 18.2 Å². The van der Waals surface area contributed by atoms with Crippen LogP contribution in [0.5, 0.6) is 5.75 Å². The number of amides is 1. The van der Waals surface area contributed by atoms with Crippen molar-refractivity contribution in [3.63, 3.8) is 0 Å². The molecule has 4 rings (SSSR count). The molecule has 1 aromatic heterocycles. The van der Waals surface area contributed by atoms with E-state index in [1.165, 1.54) is 11.8 Å². The summed E-state index contributed by atoms with van der Waals surface area (Å²) in [5.74, 6) is 0.374. The Bertz CT molecular complexity index is 1010. The summed E-state index contributed by atoms with van der Waals surface area (Å²) in [6, 6.07) is 5.99. The molecular formula is C15H15N5O4S2. The molecule has 26 heavy (non-hydrogen) atoms. The van der Waals surface area contributed by atoms with Crippen LogP contribution in [-0.4, -0.2) is 42.4 Å². The Balaban J connectivity index is 1.42. The van der Waals surface area contributed by atoms with E-state index in [1.54, 1.807) is 5.41 Å². The predicted octanol–water partition coefficient (Wildman–Crippen LogP) is 0.958. The molecule has 0 radical (unpaired) electrons. The van der Waals surface area contributed by atoms with E-state index in [0.29, 0.717) is 12.3 Å². The number of nitrogens with zero attached hydrogens (tertiary/aromatic N) is 2. The summed E-state index contributed by atoms with van der Waals surface area (Å²) in [4.78, 5) is 16.1. The van der Waals surface area contributed by atoms with E-state index in [1.807, 2.05) is 12.1 Å². The van der Waals surface area contributed by atoms with Crippen LogP contribution < -0.4 is 15.4 Å². The number of hydrogen-bond donors (Lipinski definition) is 3. The summed E-state index contributed by atoms with van der Waals surface area (Å²) in [6.45, 7) is 0.696. The fourth-order valence-electron chi connectivity index (χ4n) is 2.63. The van der Waals surface area contributed by atoms with Crippen LogP contribution in [0.15, 0.2) is 34.5 Å². The molecule has 1 aromatic carbocycles. The highest BCUT2D eigenvalue weighted by molar-refractivity contribution is 8.02. The first kappa shape index (κ1) is 16.9. The lowest BCUT2D eigenvalue weighted by Crippen LogP contribution is -2.24. The second kappa shape index (κ2) is 6.32. The van der Waals surface area contributed by atoms with Crippen molar-refractivity contribution in [3.8, 4) is 5.75 Å². The quantitative estimate of drug-likeness (QED) is 0.701. The third-order valence-electron chi connectivity index (χ3n) is 3.91. The lowest BCUT2D eigenvalue weighted by molar-refractivity contribution is -0.113. The van der Waals surface area contributed by atoms with Gasteiger partial charge < -0.3 is 10.1 Å². The molecule has 1 unspecified atom stereocenters. The van der Waals surface area contributed by atoms with E-state index in [4.69, 9.17) is 4.74 Å². The fourth-order valence-corrected chi connectivity index (χ4v) is 4.04. The molecule has 2 aromatic rings. The molecular weight excluding hydrogens is 378 g/mol. The number of hydrogen-bond acceptors (Lipinski definition) is 8. The maximum absolute atomic E-state index is 12.3. The van der Waals surface area contributed by atoms with E-state index in [2.05, 4.69) is 31.9 Å². The largest absolute Gasteiger partial charge is 0.493 e. The van der Waals surface area contributed by atoms with Crippen molar-refractivity contribution in [1.82, 2.24) is 20.5 Å². The molecule has 0 spiro atoms. The molecule has 11 heteroatoms. The van der Waals surface area contributed by atoms with Crippen molar-refractivity contribution < 1.29 is 17.9 Å². The lowest BCUT2D eigenvalue weighted by atomic mass is 10.1. The minimum atomic E-state index is -3.51. The van der Waals surface area contributed by atoms with Crippen molar-refractivity contribution in [2.24, 2.45) is 0 Å². The number of anilines is 1. The number of H-pyrrole nitrogens is 1. The van der Waals surface area contributed by atoms with Gasteiger partial charge in [-0.1, -0.05) is 6.07 Å². The first-order valence-electron chi connectivity index (χ1n) is 7.72. The lowest BCUT2D eigenvalue weighted by Gasteiger charge is -2.13. The zero-order valence-corrected chi connectivity index (χ0v) is 15.3. The SMILES string of the molecule is CS(=O)(=O)c1nc(NC(=O)C2=CSC(c3ccc4c(c3)CCO4)N2)n[nH]1. The van der Waals surface area contributed by atoms with E-state index in [0.717, 1.165) is 29.6 Å². The van der Waals surface area contributed by atoms with Crippen molar-refractivity contribution in [2.45, 2.75) is 17.0 Å². The third-order valence-corrected chi connectivity index (χ3v) is 5.83. The molecule has 3 heterocycles. The van der Waals surface area contributed by atoms with Gasteiger partial charge in [0, 0.05) is 18.1 Å². The smallest absolute Gasteiger partial charge is 0.274 e. The highest BCUT2D eigenvalue weighted by atomic mass is 32.2. The molecule has 0 bridgehead atoms. The number of carbonyl (C=O) groups excluding carboxylic acids is 1. The Kier molecular flexibility index (Phi) is 4.11. The Morgan fingerprint density at radius 3 is 3.04 bits per heavy atom. The number of sulfone groups is 1. The average Bonchev–Trinajstić information content (AvgIpc) is 3.33. The van der Waals surface area contributed by atoms with Gasteiger partial charge in [0.15, 0.2) is 0 Å². The van der Waals surface area contributed by atoms with Crippen LogP contribution in [0.1, 0.15) is 16.5 Å². The first-order valence-corrected chi connectivity index (χ1v) is 10.6. The van der Waals surface area contributed by atoms with Gasteiger partial charge in [0.2, 0.25) is 20.9 Å². The van der Waals surface area contributed by atoms with Gasteiger partial charge >= 0.3 is 0 Å². The van der Waals surface area contributed by atoms with Gasteiger partial charge in [-0.25, -0.2) is 13.5 Å². The molecule has 0 saturated heterocycles. The third kappa shape index (κ3) is 3.27. The van der Waals surface area contributed by atoms with Crippen LogP contribution in [0.25, 0.3) is 0 Å². The van der Waals surface area contributed by atoms with Gasteiger partial charge in [-0.15, -0.1) is 16.9 Å². The number of benzene rings is 1. The van der Waals surface area contributed by atoms with Crippen LogP contribution in [-0.2, 0) is 21.1 Å². The van der Waals surface area contributed by atoms with E-state index >= 15 is 0 Å². The Morgan fingerprint density at radius 1 is 1.42 bits per heavy atom. The monoisotopic (exact) mass is 393 g/mol. The maximum Gasteiger partial charge on any atom is 0.274 e. The molecule has 1 atom stereocenters. The van der Waals surface area contributed by atoms with Gasteiger partial charge in [-0.05, 0) is 23.3 Å². The number of aromatic nitrogens is 3. The normalized spacial score (nSPS) is 18.7. The van der Waals surface area contributed by atoms with Gasteiger partial charge in [0.05, 0.1) is 6.61 Å². The van der Waals surface area contributed by atoms with Crippen LogP contribution in [0, 0.1) is 0 Å². The summed E-state index contributed by atoms with van der Waals surface area (Å²) in [5.41, 5.74) is 2.58. The summed E-state index contributed by atoms with van der Waals surface area (Å²) in [7, 11) is -3.51. The van der Waals surface area contributed by atoms with Crippen molar-refractivity contribution in [1.29, 1.82) is 0 Å². The molecule has 2 aliphatic heterocycles. The highest BCUT2D eigenvalue weighted by Crippen LogP contribution is 2.37. The van der Waals surface area contributed by atoms with Crippen molar-refractivity contribution >= 4 is 33.5 Å². The van der Waals surface area contributed by atoms with Crippen LogP contribution >= 0.6 is 11.8 Å². The number of rotatable bonds is 4. The summed E-state index contributed by atoms with van der Waals surface area (Å²) < 4.78 is 28.3. The van der Waals surface area contributed by atoms with E-state index in [9.17, 15) is 13.2 Å². The molecule has 2 aliphatic rings. The number of ether oxygens (including phenoxy) is 1. The summed E-state index contributed by atoms with van der Waals surface area (Å²) in [6.07, 6.45) is 1.89. The minimum Gasteiger partial charge on any atom is -0.493 e. The van der Waals surface area contributed by atoms with Gasteiger partial charge in [-0.3, -0.25) is 10.1 Å². The molecule has 3 N–H and O–H groups in total. The van der Waals surface area contributed by atoms with Gasteiger partial charge in [0.25, 0.3) is 5.91 Å². The molecule has 0 saturated carbocycles. The zero-order valence-electron chi connectivity index (χ0n) is 13.6. The summed E-state index contributed by atoms with van der Waals surface area (Å²) in [5, 5.41) is 12.9. The molecule has 136 valence electrons. The molecule has 1 amide bonds. The molecule has 0 fully saturated rings. The molecule has 9 nitrogen and oxygen atoms in total. The van der Waals surface area contributed by atoms with Gasteiger partial charge in [0.1, 0.15) is 16.8 Å².